The molecule has 0 spiro atoms. The van der Waals surface area contributed by atoms with Crippen LogP contribution in [0.15, 0.2) is 59.1 Å². The number of hydrogen-bond acceptors (Lipinski definition) is 6. The molecule has 2 aromatic carbocycles. The maximum absolute atomic E-state index is 11.4. The van der Waals surface area contributed by atoms with E-state index in [-0.39, 0.29) is 5.41 Å². The molecule has 2 aliphatic rings. The standard InChI is InChI=1S/C25H28N4O3/c1-18-26-24(32-27-18)25-16-28(13-19-6-3-2-4-7-19)11-10-22(25)15-29(17-25)14-20-8-5-9-21(12-20)23(30)31/h2-9,12,22H,10-11,13-17H2,1H3,(H,30,31)/t22-,25-/m0/s1. The molecule has 7 heteroatoms. The minimum Gasteiger partial charge on any atom is -0.478 e. The number of carbonyl (C=O) groups is 1. The van der Waals surface area contributed by atoms with E-state index in [9.17, 15) is 9.90 Å². The molecule has 0 amide bonds. The van der Waals surface area contributed by atoms with E-state index >= 15 is 0 Å². The summed E-state index contributed by atoms with van der Waals surface area (Å²) in [5.41, 5.74) is 2.44. The molecule has 1 N–H and O–H groups in total. The number of carboxylic acids is 1. The molecule has 2 saturated heterocycles. The lowest BCUT2D eigenvalue weighted by Crippen LogP contribution is -2.51. The Balaban J connectivity index is 1.39. The van der Waals surface area contributed by atoms with Gasteiger partial charge in [0.1, 0.15) is 0 Å². The van der Waals surface area contributed by atoms with Crippen molar-refractivity contribution in [1.82, 2.24) is 19.9 Å². The highest BCUT2D eigenvalue weighted by Gasteiger charge is 2.54. The van der Waals surface area contributed by atoms with Gasteiger partial charge in [-0.05, 0) is 49.1 Å². The van der Waals surface area contributed by atoms with Gasteiger partial charge in [0.05, 0.1) is 11.0 Å². The lowest BCUT2D eigenvalue weighted by atomic mass is 9.73. The molecule has 0 radical (unpaired) electrons. The van der Waals surface area contributed by atoms with Crippen LogP contribution in [0.5, 0.6) is 0 Å². The number of rotatable bonds is 6. The predicted octanol–water partition coefficient (Wildman–Crippen LogP) is 3.35. The molecule has 166 valence electrons. The molecule has 2 atom stereocenters. The van der Waals surface area contributed by atoms with E-state index in [0.29, 0.717) is 23.9 Å². The SMILES string of the molecule is Cc1noc([C@]23CN(Cc4ccccc4)CC[C@H]2CN(Cc2cccc(C(=O)O)c2)C3)n1. The summed E-state index contributed by atoms with van der Waals surface area (Å²) in [5.74, 6) is 0.939. The lowest BCUT2D eigenvalue weighted by molar-refractivity contribution is 0.0696. The van der Waals surface area contributed by atoms with Crippen LogP contribution >= 0.6 is 0 Å². The molecule has 5 rings (SSSR count). The van der Waals surface area contributed by atoms with E-state index in [2.05, 4.69) is 44.2 Å². The van der Waals surface area contributed by atoms with E-state index in [1.807, 2.05) is 25.1 Å². The number of nitrogens with zero attached hydrogens (tertiary/aromatic N) is 4. The van der Waals surface area contributed by atoms with Crippen molar-refractivity contribution in [1.29, 1.82) is 0 Å². The summed E-state index contributed by atoms with van der Waals surface area (Å²) in [5, 5.41) is 13.4. The fraction of sp³-hybridized carbons (Fsp3) is 0.400. The molecule has 1 aromatic heterocycles. The van der Waals surface area contributed by atoms with Gasteiger partial charge < -0.3 is 9.63 Å². The minimum absolute atomic E-state index is 0.210. The summed E-state index contributed by atoms with van der Waals surface area (Å²) < 4.78 is 5.76. The van der Waals surface area contributed by atoms with Crippen LogP contribution in [0.25, 0.3) is 0 Å². The van der Waals surface area contributed by atoms with Crippen molar-refractivity contribution >= 4 is 5.97 Å². The first-order valence-electron chi connectivity index (χ1n) is 11.1. The van der Waals surface area contributed by atoms with Gasteiger partial charge in [0.15, 0.2) is 5.82 Å². The van der Waals surface area contributed by atoms with Crippen LogP contribution in [0.3, 0.4) is 0 Å². The van der Waals surface area contributed by atoms with E-state index in [4.69, 9.17) is 4.52 Å². The average Bonchev–Trinajstić information content (AvgIpc) is 3.38. The van der Waals surface area contributed by atoms with Gasteiger partial charge in [-0.2, -0.15) is 4.98 Å². The summed E-state index contributed by atoms with van der Waals surface area (Å²) in [6, 6.07) is 17.8. The molecular formula is C25H28N4O3. The van der Waals surface area contributed by atoms with E-state index in [1.54, 1.807) is 12.1 Å². The molecule has 0 saturated carbocycles. The Morgan fingerprint density at radius 2 is 1.84 bits per heavy atom. The van der Waals surface area contributed by atoms with Gasteiger partial charge in [0, 0.05) is 32.7 Å². The van der Waals surface area contributed by atoms with Crippen LogP contribution in [0.4, 0.5) is 0 Å². The number of aromatic nitrogens is 2. The summed E-state index contributed by atoms with van der Waals surface area (Å²) in [6.07, 6.45) is 1.07. The van der Waals surface area contributed by atoms with E-state index in [0.717, 1.165) is 50.6 Å². The van der Waals surface area contributed by atoms with Gasteiger partial charge in [0.2, 0.25) is 5.89 Å². The van der Waals surface area contributed by atoms with Gasteiger partial charge in [-0.3, -0.25) is 9.80 Å². The van der Waals surface area contributed by atoms with Gasteiger partial charge in [0.25, 0.3) is 0 Å². The van der Waals surface area contributed by atoms with Crippen LogP contribution in [-0.4, -0.2) is 57.2 Å². The second kappa shape index (κ2) is 8.48. The maximum Gasteiger partial charge on any atom is 0.335 e. The molecule has 0 aliphatic carbocycles. The van der Waals surface area contributed by atoms with Gasteiger partial charge in [-0.1, -0.05) is 47.6 Å². The zero-order chi connectivity index (χ0) is 22.1. The molecule has 0 bridgehead atoms. The number of likely N-dealkylation sites (tertiary alicyclic amines) is 2. The van der Waals surface area contributed by atoms with Crippen LogP contribution in [-0.2, 0) is 18.5 Å². The number of benzene rings is 2. The minimum atomic E-state index is -0.892. The monoisotopic (exact) mass is 432 g/mol. The van der Waals surface area contributed by atoms with Crippen molar-refractivity contribution in [3.05, 3.63) is 83.0 Å². The fourth-order valence-electron chi connectivity index (χ4n) is 5.41. The van der Waals surface area contributed by atoms with Gasteiger partial charge in [-0.25, -0.2) is 4.79 Å². The number of aryl methyl sites for hydroxylation is 1. The topological polar surface area (TPSA) is 82.7 Å². The molecule has 3 aromatic rings. The largest absolute Gasteiger partial charge is 0.478 e. The smallest absolute Gasteiger partial charge is 0.335 e. The third-order valence-corrected chi connectivity index (χ3v) is 6.85. The Bertz CT molecular complexity index is 1100. The van der Waals surface area contributed by atoms with Gasteiger partial charge in [-0.15, -0.1) is 0 Å². The first kappa shape index (κ1) is 20.8. The highest BCUT2D eigenvalue weighted by atomic mass is 16.5. The molecule has 2 aliphatic heterocycles. The van der Waals surface area contributed by atoms with E-state index < -0.39 is 5.97 Å². The Morgan fingerprint density at radius 3 is 2.59 bits per heavy atom. The Hall–Kier alpha value is -3.03. The Kier molecular flexibility index (Phi) is 5.53. The van der Waals surface area contributed by atoms with Crippen LogP contribution in [0.1, 0.15) is 39.6 Å². The van der Waals surface area contributed by atoms with Crippen LogP contribution in [0.2, 0.25) is 0 Å². The van der Waals surface area contributed by atoms with Crippen molar-refractivity contribution in [2.24, 2.45) is 5.92 Å². The second-order valence-corrected chi connectivity index (χ2v) is 9.16. The third kappa shape index (κ3) is 4.06. The molecule has 3 heterocycles. The lowest BCUT2D eigenvalue weighted by Gasteiger charge is -2.42. The third-order valence-electron chi connectivity index (χ3n) is 6.85. The second-order valence-electron chi connectivity index (χ2n) is 9.16. The molecule has 7 nitrogen and oxygen atoms in total. The van der Waals surface area contributed by atoms with Crippen molar-refractivity contribution in [2.75, 3.05) is 26.2 Å². The molecule has 2 fully saturated rings. The maximum atomic E-state index is 11.4. The first-order valence-corrected chi connectivity index (χ1v) is 11.1. The van der Waals surface area contributed by atoms with Crippen molar-refractivity contribution < 1.29 is 14.4 Å². The van der Waals surface area contributed by atoms with E-state index in [1.165, 1.54) is 5.56 Å². The van der Waals surface area contributed by atoms with Gasteiger partial charge >= 0.3 is 5.97 Å². The molecular weight excluding hydrogens is 404 g/mol. The summed E-state index contributed by atoms with van der Waals surface area (Å²) in [4.78, 5) is 21.0. The Morgan fingerprint density at radius 1 is 1.09 bits per heavy atom. The zero-order valence-corrected chi connectivity index (χ0v) is 18.3. The number of carboxylic acid groups (broad SMARTS) is 1. The summed E-state index contributed by atoms with van der Waals surface area (Å²) in [7, 11) is 0. The normalized spacial score (nSPS) is 23.8. The van der Waals surface area contributed by atoms with Crippen molar-refractivity contribution in [2.45, 2.75) is 31.8 Å². The number of piperidine rings is 1. The quantitative estimate of drug-likeness (QED) is 0.640. The summed E-state index contributed by atoms with van der Waals surface area (Å²) in [6.45, 7) is 7.16. The van der Waals surface area contributed by atoms with Crippen LogP contribution in [0, 0.1) is 12.8 Å². The summed E-state index contributed by atoms with van der Waals surface area (Å²) >= 11 is 0. The number of aromatic carboxylic acids is 1. The highest BCUT2D eigenvalue weighted by Crippen LogP contribution is 2.44. The molecule has 32 heavy (non-hydrogen) atoms. The number of hydrogen-bond donors (Lipinski definition) is 1. The van der Waals surface area contributed by atoms with Crippen LogP contribution < -0.4 is 0 Å². The predicted molar refractivity (Wildman–Crippen MR) is 119 cm³/mol. The first-order chi connectivity index (χ1) is 15.5. The average molecular weight is 433 g/mol. The highest BCUT2D eigenvalue weighted by molar-refractivity contribution is 5.87. The number of fused-ring (bicyclic) bond motifs is 1. The molecule has 0 unspecified atom stereocenters. The fourth-order valence-corrected chi connectivity index (χ4v) is 5.41. The Labute approximate surface area is 187 Å². The zero-order valence-electron chi connectivity index (χ0n) is 18.3. The van der Waals surface area contributed by atoms with Crippen molar-refractivity contribution in [3.63, 3.8) is 0 Å². The van der Waals surface area contributed by atoms with Crippen molar-refractivity contribution in [3.8, 4) is 0 Å².